The zero-order valence-electron chi connectivity index (χ0n) is 19.8. The molecular weight excluding hydrogens is 458 g/mol. The molecule has 0 atom stereocenters. The van der Waals surface area contributed by atoms with Crippen LogP contribution in [0.4, 0.5) is 10.9 Å². The summed E-state index contributed by atoms with van der Waals surface area (Å²) in [5.74, 6) is 0.419. The fourth-order valence-electron chi connectivity index (χ4n) is 4.33. The van der Waals surface area contributed by atoms with E-state index in [1.54, 1.807) is 0 Å². The van der Waals surface area contributed by atoms with E-state index in [-0.39, 0.29) is 11.8 Å². The number of anilines is 2. The summed E-state index contributed by atoms with van der Waals surface area (Å²) in [5.41, 5.74) is 4.94. The summed E-state index contributed by atoms with van der Waals surface area (Å²) >= 11 is 1.46. The maximum atomic E-state index is 13.3. The highest BCUT2D eigenvalue weighted by Gasteiger charge is 2.24. The van der Waals surface area contributed by atoms with Crippen molar-refractivity contribution in [2.45, 2.75) is 33.2 Å². The average Bonchev–Trinajstić information content (AvgIpc) is 3.29. The SMILES string of the molecule is CCCNC(=O)c1nc(N2CCc3cccc(C(=O)Nc4nc5ccccc5s4)c3C2)ccc1C. The van der Waals surface area contributed by atoms with Gasteiger partial charge < -0.3 is 10.2 Å². The number of amides is 2. The average molecular weight is 486 g/mol. The van der Waals surface area contributed by atoms with E-state index in [1.165, 1.54) is 11.3 Å². The Hall–Kier alpha value is -3.78. The molecule has 4 aromatic rings. The molecule has 0 fully saturated rings. The van der Waals surface area contributed by atoms with Crippen LogP contribution in [0.2, 0.25) is 0 Å². The van der Waals surface area contributed by atoms with Gasteiger partial charge in [0.15, 0.2) is 5.13 Å². The number of aromatic nitrogens is 2. The zero-order valence-corrected chi connectivity index (χ0v) is 20.6. The predicted octanol–water partition coefficient (Wildman–Crippen LogP) is 4.95. The number of hydrogen-bond donors (Lipinski definition) is 2. The summed E-state index contributed by atoms with van der Waals surface area (Å²) in [5, 5.41) is 6.49. The van der Waals surface area contributed by atoms with Gasteiger partial charge in [0.05, 0.1) is 10.2 Å². The molecule has 178 valence electrons. The number of aryl methyl sites for hydroxylation is 1. The van der Waals surface area contributed by atoms with Gasteiger partial charge in [-0.1, -0.05) is 48.6 Å². The highest BCUT2D eigenvalue weighted by molar-refractivity contribution is 7.22. The Kier molecular flexibility index (Phi) is 6.46. The smallest absolute Gasteiger partial charge is 0.270 e. The van der Waals surface area contributed by atoms with Gasteiger partial charge >= 0.3 is 0 Å². The van der Waals surface area contributed by atoms with Crippen molar-refractivity contribution in [2.75, 3.05) is 23.3 Å². The lowest BCUT2D eigenvalue weighted by Gasteiger charge is -2.31. The van der Waals surface area contributed by atoms with Crippen molar-refractivity contribution < 1.29 is 9.59 Å². The molecule has 0 unspecified atom stereocenters. The number of fused-ring (bicyclic) bond motifs is 2. The summed E-state index contributed by atoms with van der Waals surface area (Å²) in [4.78, 5) is 37.2. The summed E-state index contributed by atoms with van der Waals surface area (Å²) in [7, 11) is 0. The lowest BCUT2D eigenvalue weighted by molar-refractivity contribution is 0.0947. The number of nitrogens with zero attached hydrogens (tertiary/aromatic N) is 3. The highest BCUT2D eigenvalue weighted by Crippen LogP contribution is 2.29. The van der Waals surface area contributed by atoms with Crippen LogP contribution in [-0.2, 0) is 13.0 Å². The maximum absolute atomic E-state index is 13.3. The summed E-state index contributed by atoms with van der Waals surface area (Å²) in [6, 6.07) is 17.6. The van der Waals surface area contributed by atoms with Crippen LogP contribution in [0.15, 0.2) is 54.6 Å². The van der Waals surface area contributed by atoms with E-state index >= 15 is 0 Å². The van der Waals surface area contributed by atoms with Crippen molar-refractivity contribution in [1.82, 2.24) is 15.3 Å². The fourth-order valence-corrected chi connectivity index (χ4v) is 5.19. The topological polar surface area (TPSA) is 87.2 Å². The Morgan fingerprint density at radius 2 is 1.89 bits per heavy atom. The molecule has 2 aromatic carbocycles. The third-order valence-electron chi connectivity index (χ3n) is 6.19. The van der Waals surface area contributed by atoms with E-state index in [4.69, 9.17) is 4.98 Å². The Labute approximate surface area is 208 Å². The monoisotopic (exact) mass is 485 g/mol. The molecule has 0 bridgehead atoms. The summed E-state index contributed by atoms with van der Waals surface area (Å²) in [6.45, 7) is 5.85. The number of hydrogen-bond acceptors (Lipinski definition) is 6. The van der Waals surface area contributed by atoms with Crippen molar-refractivity contribution in [3.8, 4) is 0 Å². The van der Waals surface area contributed by atoms with Crippen LogP contribution < -0.4 is 15.5 Å². The standard InChI is InChI=1S/C27H27N5O2S/c1-3-14-28-26(34)24-17(2)11-12-23(30-24)32-15-13-18-7-6-8-19(20(18)16-32)25(33)31-27-29-21-9-4-5-10-22(21)35-27/h4-12H,3,13-16H2,1-2H3,(H,28,34)(H,29,31,33). The van der Waals surface area contributed by atoms with Gasteiger partial charge in [-0.15, -0.1) is 0 Å². The van der Waals surface area contributed by atoms with E-state index in [0.717, 1.165) is 52.1 Å². The van der Waals surface area contributed by atoms with E-state index in [0.29, 0.717) is 29.5 Å². The fraction of sp³-hybridized carbons (Fsp3) is 0.259. The van der Waals surface area contributed by atoms with Crippen molar-refractivity contribution in [3.05, 3.63) is 82.5 Å². The van der Waals surface area contributed by atoms with Crippen molar-refractivity contribution in [1.29, 1.82) is 0 Å². The van der Waals surface area contributed by atoms with E-state index < -0.39 is 0 Å². The molecular formula is C27H27N5O2S. The molecule has 35 heavy (non-hydrogen) atoms. The first-order valence-electron chi connectivity index (χ1n) is 11.8. The molecule has 0 saturated carbocycles. The number of para-hydroxylation sites is 1. The van der Waals surface area contributed by atoms with E-state index in [9.17, 15) is 9.59 Å². The van der Waals surface area contributed by atoms with Gasteiger partial charge in [-0.3, -0.25) is 14.9 Å². The molecule has 0 spiro atoms. The molecule has 0 radical (unpaired) electrons. The minimum atomic E-state index is -0.167. The number of nitrogens with one attached hydrogen (secondary N) is 2. The van der Waals surface area contributed by atoms with Gasteiger partial charge in [0.2, 0.25) is 0 Å². The highest BCUT2D eigenvalue weighted by atomic mass is 32.1. The van der Waals surface area contributed by atoms with Crippen LogP contribution in [0, 0.1) is 6.92 Å². The van der Waals surface area contributed by atoms with Gasteiger partial charge in [-0.2, -0.15) is 0 Å². The first-order valence-corrected chi connectivity index (χ1v) is 12.6. The molecule has 3 heterocycles. The lowest BCUT2D eigenvalue weighted by atomic mass is 9.94. The Bertz CT molecular complexity index is 1380. The quantitative estimate of drug-likeness (QED) is 0.403. The lowest BCUT2D eigenvalue weighted by Crippen LogP contribution is -2.33. The number of rotatable bonds is 6. The largest absolute Gasteiger partial charge is 0.352 e. The van der Waals surface area contributed by atoms with Gasteiger partial charge in [-0.05, 0) is 60.7 Å². The van der Waals surface area contributed by atoms with E-state index in [2.05, 4.69) is 26.6 Å². The third-order valence-corrected chi connectivity index (χ3v) is 7.14. The molecule has 2 N–H and O–H groups in total. The van der Waals surface area contributed by atoms with Gasteiger partial charge in [0.25, 0.3) is 11.8 Å². The molecule has 1 aliphatic rings. The van der Waals surface area contributed by atoms with Crippen molar-refractivity contribution in [2.24, 2.45) is 0 Å². The molecule has 7 nitrogen and oxygen atoms in total. The zero-order chi connectivity index (χ0) is 24.4. The number of carbonyl (C=O) groups is 2. The molecule has 2 amide bonds. The number of thiazole rings is 1. The van der Waals surface area contributed by atoms with Crippen LogP contribution >= 0.6 is 11.3 Å². The summed E-state index contributed by atoms with van der Waals surface area (Å²) in [6.07, 6.45) is 1.67. The number of benzene rings is 2. The molecule has 1 aliphatic heterocycles. The van der Waals surface area contributed by atoms with Crippen LogP contribution in [-0.4, -0.2) is 34.9 Å². The normalized spacial score (nSPS) is 12.9. The van der Waals surface area contributed by atoms with Gasteiger partial charge in [-0.25, -0.2) is 9.97 Å². The van der Waals surface area contributed by atoms with Crippen LogP contribution in [0.25, 0.3) is 10.2 Å². The maximum Gasteiger partial charge on any atom is 0.270 e. The molecule has 0 aliphatic carbocycles. The predicted molar refractivity (Wildman–Crippen MR) is 140 cm³/mol. The molecule has 8 heteroatoms. The minimum absolute atomic E-state index is 0.153. The first-order chi connectivity index (χ1) is 17.0. The summed E-state index contributed by atoms with van der Waals surface area (Å²) < 4.78 is 1.04. The first kappa shape index (κ1) is 23.0. The van der Waals surface area contributed by atoms with Gasteiger partial charge in [0, 0.05) is 25.2 Å². The van der Waals surface area contributed by atoms with Crippen LogP contribution in [0.3, 0.4) is 0 Å². The number of pyridine rings is 1. The second-order valence-corrected chi connectivity index (χ2v) is 9.68. The number of carbonyl (C=O) groups excluding carboxylic acids is 2. The van der Waals surface area contributed by atoms with Crippen LogP contribution in [0.5, 0.6) is 0 Å². The Morgan fingerprint density at radius 1 is 1.03 bits per heavy atom. The van der Waals surface area contributed by atoms with Crippen LogP contribution in [0.1, 0.15) is 50.9 Å². The second-order valence-electron chi connectivity index (χ2n) is 8.65. The second kappa shape index (κ2) is 9.84. The van der Waals surface area contributed by atoms with Crippen molar-refractivity contribution in [3.63, 3.8) is 0 Å². The molecule has 2 aromatic heterocycles. The third kappa shape index (κ3) is 4.74. The van der Waals surface area contributed by atoms with E-state index in [1.807, 2.05) is 62.4 Å². The van der Waals surface area contributed by atoms with Gasteiger partial charge in [0.1, 0.15) is 11.5 Å². The van der Waals surface area contributed by atoms with Crippen molar-refractivity contribution >= 4 is 44.3 Å². The Balaban J connectivity index is 1.39. The Morgan fingerprint density at radius 3 is 2.71 bits per heavy atom. The molecule has 0 saturated heterocycles. The molecule has 5 rings (SSSR count). The minimum Gasteiger partial charge on any atom is -0.352 e.